The highest BCUT2D eigenvalue weighted by atomic mass is 16.5. The summed E-state index contributed by atoms with van der Waals surface area (Å²) in [4.78, 5) is 11.5. The average molecular weight is 200 g/mol. The lowest BCUT2D eigenvalue weighted by Gasteiger charge is -2.24. The summed E-state index contributed by atoms with van der Waals surface area (Å²) in [5.74, 6) is -0.814. The van der Waals surface area contributed by atoms with Crippen molar-refractivity contribution in [3.8, 4) is 0 Å². The van der Waals surface area contributed by atoms with Crippen LogP contribution in [0.3, 0.4) is 0 Å². The van der Waals surface area contributed by atoms with E-state index in [1.54, 1.807) is 13.8 Å². The minimum atomic E-state index is -0.811. The van der Waals surface area contributed by atoms with Crippen LogP contribution in [-0.2, 0) is 9.53 Å². The number of aliphatic hydroxyl groups is 1. The van der Waals surface area contributed by atoms with E-state index in [1.165, 1.54) is 0 Å². The van der Waals surface area contributed by atoms with Gasteiger partial charge in [0.05, 0.1) is 18.6 Å². The summed E-state index contributed by atoms with van der Waals surface area (Å²) >= 11 is 0. The summed E-state index contributed by atoms with van der Waals surface area (Å²) in [7, 11) is 0. The van der Waals surface area contributed by atoms with Crippen LogP contribution < -0.4 is 0 Å². The highest BCUT2D eigenvalue weighted by Gasteiger charge is 2.31. The van der Waals surface area contributed by atoms with Gasteiger partial charge in [0.2, 0.25) is 0 Å². The van der Waals surface area contributed by atoms with E-state index in [1.807, 2.05) is 13.8 Å². The molecule has 0 aromatic rings. The molecule has 0 aromatic carbocycles. The molecule has 14 heavy (non-hydrogen) atoms. The quantitative estimate of drug-likeness (QED) is 0.543. The van der Waals surface area contributed by atoms with Crippen molar-refractivity contribution in [1.82, 2.24) is 0 Å². The van der Waals surface area contributed by atoms with Crippen LogP contribution in [0.4, 0.5) is 0 Å². The Balaban J connectivity index is 4.59. The first-order valence-electron chi connectivity index (χ1n) is 4.91. The van der Waals surface area contributed by atoms with Crippen molar-refractivity contribution in [2.45, 2.75) is 33.8 Å². The molecule has 0 saturated heterocycles. The van der Waals surface area contributed by atoms with Gasteiger partial charge in [-0.05, 0) is 19.8 Å². The lowest BCUT2D eigenvalue weighted by molar-refractivity contribution is -0.153. The molecule has 0 rings (SSSR count). The van der Waals surface area contributed by atoms with E-state index in [0.29, 0.717) is 12.2 Å². The third kappa shape index (κ3) is 3.50. The molecule has 0 heterocycles. The van der Waals surface area contributed by atoms with E-state index in [0.717, 1.165) is 0 Å². The number of ether oxygens (including phenoxy) is 1. The van der Waals surface area contributed by atoms with Crippen molar-refractivity contribution in [2.75, 3.05) is 6.61 Å². The van der Waals surface area contributed by atoms with Crippen molar-refractivity contribution >= 4 is 5.97 Å². The zero-order valence-electron chi connectivity index (χ0n) is 9.41. The number of carbonyl (C=O) groups is 1. The molecular formula is C11H20O3. The second-order valence-electron chi connectivity index (χ2n) is 3.81. The Bertz CT molecular complexity index is 209. The van der Waals surface area contributed by atoms with E-state index in [2.05, 4.69) is 6.58 Å². The third-order valence-corrected chi connectivity index (χ3v) is 2.12. The van der Waals surface area contributed by atoms with E-state index >= 15 is 0 Å². The standard InChI is InChI=1S/C11H20O3/c1-6-14-11(13)9(7(2)3)10(12)8(4)5/h7,9-10,12H,4,6H2,1-3,5H3. The van der Waals surface area contributed by atoms with Crippen molar-refractivity contribution < 1.29 is 14.6 Å². The largest absolute Gasteiger partial charge is 0.466 e. The maximum Gasteiger partial charge on any atom is 0.312 e. The molecule has 3 nitrogen and oxygen atoms in total. The Kier molecular flexibility index (Phi) is 5.46. The molecule has 0 spiro atoms. The van der Waals surface area contributed by atoms with Crippen LogP contribution in [0.2, 0.25) is 0 Å². The van der Waals surface area contributed by atoms with Gasteiger partial charge < -0.3 is 9.84 Å². The Hall–Kier alpha value is -0.830. The highest BCUT2D eigenvalue weighted by molar-refractivity contribution is 5.73. The van der Waals surface area contributed by atoms with Gasteiger partial charge in [0.25, 0.3) is 0 Å². The number of hydrogen-bond acceptors (Lipinski definition) is 3. The van der Waals surface area contributed by atoms with Crippen LogP contribution >= 0.6 is 0 Å². The topological polar surface area (TPSA) is 46.5 Å². The molecule has 0 amide bonds. The third-order valence-electron chi connectivity index (χ3n) is 2.12. The lowest BCUT2D eigenvalue weighted by Crippen LogP contribution is -2.34. The monoisotopic (exact) mass is 200 g/mol. The predicted molar refractivity (Wildman–Crippen MR) is 55.8 cm³/mol. The van der Waals surface area contributed by atoms with E-state index in [4.69, 9.17) is 4.74 Å². The molecule has 0 aliphatic rings. The van der Waals surface area contributed by atoms with Gasteiger partial charge in [0, 0.05) is 0 Å². The fourth-order valence-electron chi connectivity index (χ4n) is 1.31. The Morgan fingerprint density at radius 3 is 2.29 bits per heavy atom. The smallest absolute Gasteiger partial charge is 0.312 e. The number of carbonyl (C=O) groups excluding carboxylic acids is 1. The lowest BCUT2D eigenvalue weighted by atomic mass is 9.87. The number of hydrogen-bond donors (Lipinski definition) is 1. The molecule has 82 valence electrons. The van der Waals surface area contributed by atoms with Gasteiger partial charge in [-0.1, -0.05) is 26.0 Å². The summed E-state index contributed by atoms with van der Waals surface area (Å²) in [6, 6.07) is 0. The molecule has 0 saturated carbocycles. The van der Waals surface area contributed by atoms with Gasteiger partial charge in [-0.15, -0.1) is 0 Å². The zero-order chi connectivity index (χ0) is 11.3. The summed E-state index contributed by atoms with van der Waals surface area (Å²) < 4.78 is 4.90. The number of esters is 1. The maximum atomic E-state index is 11.5. The SMILES string of the molecule is C=C(C)C(O)C(C(=O)OCC)C(C)C. The molecule has 0 bridgehead atoms. The van der Waals surface area contributed by atoms with Gasteiger partial charge in [-0.3, -0.25) is 4.79 Å². The Labute approximate surface area is 85.8 Å². The zero-order valence-corrected chi connectivity index (χ0v) is 9.41. The van der Waals surface area contributed by atoms with E-state index in [9.17, 15) is 9.90 Å². The fraction of sp³-hybridized carbons (Fsp3) is 0.727. The van der Waals surface area contributed by atoms with E-state index in [-0.39, 0.29) is 11.9 Å². The van der Waals surface area contributed by atoms with E-state index < -0.39 is 12.0 Å². The van der Waals surface area contributed by atoms with Gasteiger partial charge in [-0.2, -0.15) is 0 Å². The van der Waals surface area contributed by atoms with Crippen molar-refractivity contribution in [3.63, 3.8) is 0 Å². The molecule has 3 heteroatoms. The summed E-state index contributed by atoms with van der Waals surface area (Å²) in [6.45, 7) is 11.2. The van der Waals surface area contributed by atoms with Crippen LogP contribution in [0.15, 0.2) is 12.2 Å². The van der Waals surface area contributed by atoms with Crippen LogP contribution in [-0.4, -0.2) is 23.8 Å². The van der Waals surface area contributed by atoms with Crippen molar-refractivity contribution in [1.29, 1.82) is 0 Å². The molecule has 2 atom stereocenters. The second-order valence-corrected chi connectivity index (χ2v) is 3.81. The molecule has 0 radical (unpaired) electrons. The number of rotatable bonds is 5. The van der Waals surface area contributed by atoms with Crippen molar-refractivity contribution in [3.05, 3.63) is 12.2 Å². The average Bonchev–Trinajstić information content (AvgIpc) is 2.03. The maximum absolute atomic E-state index is 11.5. The Morgan fingerprint density at radius 1 is 1.50 bits per heavy atom. The molecule has 2 unspecified atom stereocenters. The molecule has 0 aliphatic heterocycles. The second kappa shape index (κ2) is 5.81. The molecule has 0 aliphatic carbocycles. The van der Waals surface area contributed by atoms with Crippen LogP contribution in [0.25, 0.3) is 0 Å². The first kappa shape index (κ1) is 13.2. The van der Waals surface area contributed by atoms with Crippen LogP contribution in [0.1, 0.15) is 27.7 Å². The fourth-order valence-corrected chi connectivity index (χ4v) is 1.31. The normalized spacial score (nSPS) is 15.0. The highest BCUT2D eigenvalue weighted by Crippen LogP contribution is 2.21. The molecular weight excluding hydrogens is 180 g/mol. The minimum Gasteiger partial charge on any atom is -0.466 e. The molecule has 0 aromatic heterocycles. The first-order valence-corrected chi connectivity index (χ1v) is 4.91. The summed E-state index contributed by atoms with van der Waals surface area (Å²) in [6.07, 6.45) is -0.811. The molecule has 0 fully saturated rings. The van der Waals surface area contributed by atoms with Crippen LogP contribution in [0.5, 0.6) is 0 Å². The Morgan fingerprint density at radius 2 is 2.00 bits per heavy atom. The minimum absolute atomic E-state index is 0.0424. The predicted octanol–water partition coefficient (Wildman–Crippen LogP) is 1.76. The van der Waals surface area contributed by atoms with Gasteiger partial charge in [0.1, 0.15) is 0 Å². The number of aliphatic hydroxyl groups excluding tert-OH is 1. The van der Waals surface area contributed by atoms with Gasteiger partial charge in [-0.25, -0.2) is 0 Å². The van der Waals surface area contributed by atoms with Gasteiger partial charge in [0.15, 0.2) is 0 Å². The van der Waals surface area contributed by atoms with Gasteiger partial charge >= 0.3 is 5.97 Å². The summed E-state index contributed by atoms with van der Waals surface area (Å²) in [5, 5.41) is 9.75. The van der Waals surface area contributed by atoms with Crippen molar-refractivity contribution in [2.24, 2.45) is 11.8 Å². The first-order chi connectivity index (χ1) is 6.41. The summed E-state index contributed by atoms with van der Waals surface area (Å²) in [5.41, 5.74) is 0.594. The molecule has 1 N–H and O–H groups in total. The van der Waals surface area contributed by atoms with Crippen LogP contribution in [0, 0.1) is 11.8 Å².